The molecule has 0 radical (unpaired) electrons. The van der Waals surface area contributed by atoms with Gasteiger partial charge in [0, 0.05) is 33.7 Å². The minimum atomic E-state index is -1.08. The number of rotatable bonds is 9. The molecule has 0 aromatic heterocycles. The topological polar surface area (TPSA) is 111 Å². The molecule has 0 aliphatic carbocycles. The number of ether oxygens (including phenoxy) is 2. The largest absolute Gasteiger partial charge is 0.493 e. The summed E-state index contributed by atoms with van der Waals surface area (Å²) in [5.41, 5.74) is 1.33. The van der Waals surface area contributed by atoms with E-state index >= 15 is 0 Å². The number of methoxy groups -OCH3 is 1. The van der Waals surface area contributed by atoms with Crippen LogP contribution in [-0.2, 0) is 4.79 Å². The molecule has 3 rings (SSSR count). The van der Waals surface area contributed by atoms with Crippen molar-refractivity contribution >= 4 is 35.3 Å². The summed E-state index contributed by atoms with van der Waals surface area (Å²) in [4.78, 5) is 27.8. The smallest absolute Gasteiger partial charge is 0.344 e. The zero-order valence-corrected chi connectivity index (χ0v) is 18.1. The molecule has 8 nitrogen and oxygen atoms in total. The minimum absolute atomic E-state index is 0.0534. The number of hydrogen-bond acceptors (Lipinski definition) is 7. The van der Waals surface area contributed by atoms with Crippen LogP contribution in [0.4, 0.5) is 11.4 Å². The monoisotopic (exact) mass is 452 g/mol. The molecule has 0 fully saturated rings. The molecule has 0 heterocycles. The number of non-ortho nitro benzene ring substituents is 1. The lowest BCUT2D eigenvalue weighted by atomic mass is 10.2. The molecule has 1 atom stereocenters. The molecule has 0 aliphatic heterocycles. The van der Waals surface area contributed by atoms with Gasteiger partial charge in [0.05, 0.1) is 17.7 Å². The Morgan fingerprint density at radius 1 is 1.09 bits per heavy atom. The highest BCUT2D eigenvalue weighted by Gasteiger charge is 2.17. The third-order valence-corrected chi connectivity index (χ3v) is 5.36. The molecule has 0 amide bonds. The zero-order valence-electron chi connectivity index (χ0n) is 17.3. The van der Waals surface area contributed by atoms with Gasteiger partial charge in [-0.2, -0.15) is 0 Å². The molecule has 0 saturated carbocycles. The number of para-hydroxylation sites is 1. The van der Waals surface area contributed by atoms with Gasteiger partial charge in [0.1, 0.15) is 0 Å². The summed E-state index contributed by atoms with van der Waals surface area (Å²) in [5.74, 6) is -0.365. The van der Waals surface area contributed by atoms with Gasteiger partial charge in [0.2, 0.25) is 0 Å². The second-order valence-electron chi connectivity index (χ2n) is 6.58. The Kier molecular flexibility index (Phi) is 7.45. The normalized spacial score (nSPS) is 11.8. The number of carboxylic acid groups (broad SMARTS) is 1. The Balaban J connectivity index is 1.74. The number of hydrogen-bond donors (Lipinski definition) is 1. The number of carbonyl (C=O) groups is 1. The molecule has 32 heavy (non-hydrogen) atoms. The van der Waals surface area contributed by atoms with Crippen molar-refractivity contribution < 1.29 is 24.3 Å². The summed E-state index contributed by atoms with van der Waals surface area (Å²) in [5, 5.41) is 19.9. The first-order chi connectivity index (χ1) is 15.4. The number of nitro benzene ring substituents is 1. The predicted octanol–water partition coefficient (Wildman–Crippen LogP) is 5.36. The first-order valence-corrected chi connectivity index (χ1v) is 10.3. The number of nitrogens with zero attached hydrogens (tertiary/aromatic N) is 2. The summed E-state index contributed by atoms with van der Waals surface area (Å²) in [6, 6.07) is 19.0. The molecule has 9 heteroatoms. The van der Waals surface area contributed by atoms with E-state index in [4.69, 9.17) is 14.6 Å². The Hall–Kier alpha value is -3.85. The average molecular weight is 452 g/mol. The Morgan fingerprint density at radius 2 is 1.72 bits per heavy atom. The van der Waals surface area contributed by atoms with Crippen LogP contribution >= 0.6 is 11.8 Å². The van der Waals surface area contributed by atoms with Crippen LogP contribution in [0.25, 0.3) is 0 Å². The fourth-order valence-corrected chi connectivity index (χ4v) is 3.48. The third-order valence-electron chi connectivity index (χ3n) is 4.34. The van der Waals surface area contributed by atoms with Crippen molar-refractivity contribution in [3.8, 4) is 11.5 Å². The second-order valence-corrected chi connectivity index (χ2v) is 7.73. The highest BCUT2D eigenvalue weighted by molar-refractivity contribution is 7.99. The maximum absolute atomic E-state index is 11.2. The molecule has 0 aliphatic rings. The molecule has 0 spiro atoms. The molecule has 3 aromatic rings. The Labute approximate surface area is 188 Å². The lowest BCUT2D eigenvalue weighted by Crippen LogP contribution is -2.23. The molecule has 3 aromatic carbocycles. The van der Waals surface area contributed by atoms with Crippen LogP contribution in [0.3, 0.4) is 0 Å². The van der Waals surface area contributed by atoms with E-state index in [2.05, 4.69) is 4.99 Å². The lowest BCUT2D eigenvalue weighted by Gasteiger charge is -2.15. The van der Waals surface area contributed by atoms with Gasteiger partial charge in [0.15, 0.2) is 17.6 Å². The fraction of sp³-hybridized carbons (Fsp3) is 0.130. The van der Waals surface area contributed by atoms with Crippen molar-refractivity contribution in [1.29, 1.82) is 0 Å². The maximum atomic E-state index is 11.2. The van der Waals surface area contributed by atoms with Crippen LogP contribution in [-0.4, -0.2) is 35.4 Å². The number of carboxylic acids is 1. The summed E-state index contributed by atoms with van der Waals surface area (Å²) in [6.07, 6.45) is 0.541. The van der Waals surface area contributed by atoms with E-state index < -0.39 is 17.0 Å². The van der Waals surface area contributed by atoms with E-state index in [0.717, 1.165) is 9.79 Å². The number of aliphatic carboxylic acids is 1. The first kappa shape index (κ1) is 22.8. The summed E-state index contributed by atoms with van der Waals surface area (Å²) >= 11 is 1.48. The molecule has 1 N–H and O–H groups in total. The SMILES string of the molecule is COc1cccc(C=Nc2ccc(Sc3ccc([N+](=O)[O-])cc3)cc2)c1O[C@H](C)C(=O)O. The van der Waals surface area contributed by atoms with Gasteiger partial charge in [-0.3, -0.25) is 15.1 Å². The van der Waals surface area contributed by atoms with E-state index in [1.807, 2.05) is 24.3 Å². The van der Waals surface area contributed by atoms with Crippen molar-refractivity contribution in [2.45, 2.75) is 22.8 Å². The van der Waals surface area contributed by atoms with Gasteiger partial charge in [-0.25, -0.2) is 4.79 Å². The van der Waals surface area contributed by atoms with Crippen LogP contribution in [0, 0.1) is 10.1 Å². The average Bonchev–Trinajstić information content (AvgIpc) is 2.79. The van der Waals surface area contributed by atoms with Gasteiger partial charge in [0.25, 0.3) is 5.69 Å². The second kappa shape index (κ2) is 10.5. The van der Waals surface area contributed by atoms with E-state index in [9.17, 15) is 14.9 Å². The minimum Gasteiger partial charge on any atom is -0.493 e. The van der Waals surface area contributed by atoms with Gasteiger partial charge in [-0.1, -0.05) is 17.8 Å². The van der Waals surface area contributed by atoms with Gasteiger partial charge in [-0.05, 0) is 55.5 Å². The number of benzene rings is 3. The number of aliphatic imine (C=N–C) groups is 1. The summed E-state index contributed by atoms with van der Waals surface area (Å²) < 4.78 is 10.9. The predicted molar refractivity (Wildman–Crippen MR) is 122 cm³/mol. The van der Waals surface area contributed by atoms with Crippen LogP contribution in [0.2, 0.25) is 0 Å². The van der Waals surface area contributed by atoms with Crippen LogP contribution in [0.15, 0.2) is 81.5 Å². The molecular weight excluding hydrogens is 432 g/mol. The van der Waals surface area contributed by atoms with E-state index in [0.29, 0.717) is 22.7 Å². The van der Waals surface area contributed by atoms with Crippen molar-refractivity contribution in [3.63, 3.8) is 0 Å². The van der Waals surface area contributed by atoms with Gasteiger partial charge in [-0.15, -0.1) is 0 Å². The van der Waals surface area contributed by atoms with E-state index in [1.165, 1.54) is 37.9 Å². The Bertz CT molecular complexity index is 1130. The lowest BCUT2D eigenvalue weighted by molar-refractivity contribution is -0.384. The maximum Gasteiger partial charge on any atom is 0.344 e. The van der Waals surface area contributed by atoms with Gasteiger partial charge >= 0.3 is 5.97 Å². The summed E-state index contributed by atoms with van der Waals surface area (Å²) in [7, 11) is 1.48. The van der Waals surface area contributed by atoms with Crippen molar-refractivity contribution in [2.75, 3.05) is 7.11 Å². The summed E-state index contributed by atoms with van der Waals surface area (Å²) in [6.45, 7) is 1.44. The van der Waals surface area contributed by atoms with Crippen molar-refractivity contribution in [3.05, 3.63) is 82.4 Å². The van der Waals surface area contributed by atoms with Crippen LogP contribution < -0.4 is 9.47 Å². The van der Waals surface area contributed by atoms with E-state index in [-0.39, 0.29) is 5.69 Å². The van der Waals surface area contributed by atoms with Crippen molar-refractivity contribution in [2.24, 2.45) is 4.99 Å². The number of nitro groups is 1. The quantitative estimate of drug-likeness (QED) is 0.264. The molecule has 0 unspecified atom stereocenters. The highest BCUT2D eigenvalue weighted by Crippen LogP contribution is 2.32. The van der Waals surface area contributed by atoms with Gasteiger partial charge < -0.3 is 14.6 Å². The van der Waals surface area contributed by atoms with E-state index in [1.54, 1.807) is 36.5 Å². The van der Waals surface area contributed by atoms with Crippen LogP contribution in [0.5, 0.6) is 11.5 Å². The molecule has 164 valence electrons. The molecule has 0 bridgehead atoms. The third kappa shape index (κ3) is 5.86. The Morgan fingerprint density at radius 3 is 2.28 bits per heavy atom. The zero-order chi connectivity index (χ0) is 23.1. The first-order valence-electron chi connectivity index (χ1n) is 9.50. The van der Waals surface area contributed by atoms with Crippen LogP contribution in [0.1, 0.15) is 12.5 Å². The van der Waals surface area contributed by atoms with Crippen molar-refractivity contribution in [1.82, 2.24) is 0 Å². The standard InChI is InChI=1S/C23H20N2O6S/c1-15(23(26)27)31-22-16(4-3-5-21(22)30-2)14-24-17-6-10-19(11-7-17)32-20-12-8-18(9-13-20)25(28)29/h3-15H,1-2H3,(H,26,27)/t15-/m1/s1. The fourth-order valence-electron chi connectivity index (χ4n) is 2.66. The molecular formula is C23H20N2O6S. The molecule has 0 saturated heterocycles. The highest BCUT2D eigenvalue weighted by atomic mass is 32.2.